The molecule has 1 N–H and O–H groups in total. The number of pyridine rings is 1. The summed E-state index contributed by atoms with van der Waals surface area (Å²) in [7, 11) is 0. The second kappa shape index (κ2) is 4.88. The van der Waals surface area contributed by atoms with Gasteiger partial charge in [-0.3, -0.25) is 4.98 Å². The van der Waals surface area contributed by atoms with Gasteiger partial charge in [0.25, 0.3) is 0 Å². The van der Waals surface area contributed by atoms with Crippen molar-refractivity contribution in [2.24, 2.45) is 0 Å². The third kappa shape index (κ3) is 2.17. The molecule has 0 fully saturated rings. The van der Waals surface area contributed by atoms with E-state index in [0.29, 0.717) is 0 Å². The summed E-state index contributed by atoms with van der Waals surface area (Å²) in [6.07, 6.45) is 3.44. The number of fused-ring (bicyclic) bond motifs is 2. The van der Waals surface area contributed by atoms with Crippen molar-refractivity contribution in [3.63, 3.8) is 0 Å². The Bertz CT molecular complexity index is 821. The zero-order chi connectivity index (χ0) is 14.2. The second-order valence-corrected chi connectivity index (χ2v) is 5.78. The molecule has 0 saturated carbocycles. The van der Waals surface area contributed by atoms with Crippen LogP contribution in [0.25, 0.3) is 10.9 Å². The van der Waals surface area contributed by atoms with Crippen LogP contribution in [0.5, 0.6) is 0 Å². The normalized spacial score (nSPS) is 13.4. The molecule has 0 spiro atoms. The maximum absolute atomic E-state index is 4.84. The van der Waals surface area contributed by atoms with Crippen molar-refractivity contribution in [3.05, 3.63) is 65.4 Å². The van der Waals surface area contributed by atoms with Gasteiger partial charge in [-0.2, -0.15) is 0 Å². The minimum absolute atomic E-state index is 1.09. The zero-order valence-corrected chi connectivity index (χ0v) is 12.2. The van der Waals surface area contributed by atoms with Crippen molar-refractivity contribution in [3.8, 4) is 0 Å². The number of benzene rings is 2. The Labute approximate surface area is 124 Å². The largest absolute Gasteiger partial charge is 0.355 e. The number of anilines is 2. The molecule has 0 atom stereocenters. The summed E-state index contributed by atoms with van der Waals surface area (Å²) in [5.74, 6) is 0. The first-order valence-corrected chi connectivity index (χ1v) is 7.55. The van der Waals surface area contributed by atoms with Crippen molar-refractivity contribution in [2.45, 2.75) is 26.2 Å². The number of nitrogens with one attached hydrogen (secondary N) is 1. The molecule has 0 radical (unpaired) electrons. The monoisotopic (exact) mass is 274 g/mol. The molecule has 0 unspecified atom stereocenters. The van der Waals surface area contributed by atoms with Crippen LogP contribution in [-0.4, -0.2) is 4.98 Å². The van der Waals surface area contributed by atoms with Crippen LogP contribution in [0, 0.1) is 6.92 Å². The van der Waals surface area contributed by atoms with Gasteiger partial charge in [0.05, 0.1) is 11.2 Å². The topological polar surface area (TPSA) is 24.9 Å². The SMILES string of the molecule is Cc1cccc(Nc2c3c(nc4ccccc24)CCC3)c1. The van der Waals surface area contributed by atoms with Crippen molar-refractivity contribution in [2.75, 3.05) is 5.32 Å². The van der Waals surface area contributed by atoms with Crippen molar-refractivity contribution < 1.29 is 0 Å². The van der Waals surface area contributed by atoms with Gasteiger partial charge in [0.15, 0.2) is 0 Å². The fourth-order valence-corrected chi connectivity index (χ4v) is 3.22. The van der Waals surface area contributed by atoms with Crippen LogP contribution in [0.4, 0.5) is 11.4 Å². The minimum atomic E-state index is 1.09. The molecule has 1 heterocycles. The predicted molar refractivity (Wildman–Crippen MR) is 88.2 cm³/mol. The van der Waals surface area contributed by atoms with Crippen LogP contribution in [0.2, 0.25) is 0 Å². The van der Waals surface area contributed by atoms with Gasteiger partial charge in [0, 0.05) is 16.8 Å². The lowest BCUT2D eigenvalue weighted by molar-refractivity contribution is 0.901. The fraction of sp³-hybridized carbons (Fsp3) is 0.211. The Kier molecular flexibility index (Phi) is 2.88. The number of aryl methyl sites for hydroxylation is 2. The Hall–Kier alpha value is -2.35. The van der Waals surface area contributed by atoms with Crippen LogP contribution in [0.3, 0.4) is 0 Å². The highest BCUT2D eigenvalue weighted by atomic mass is 14.9. The van der Waals surface area contributed by atoms with Crippen molar-refractivity contribution >= 4 is 22.3 Å². The fourth-order valence-electron chi connectivity index (χ4n) is 3.22. The molecule has 1 aromatic heterocycles. The quantitative estimate of drug-likeness (QED) is 0.727. The highest BCUT2D eigenvalue weighted by molar-refractivity contribution is 5.95. The van der Waals surface area contributed by atoms with E-state index in [1.807, 2.05) is 0 Å². The van der Waals surface area contributed by atoms with Gasteiger partial charge in [-0.1, -0.05) is 30.3 Å². The summed E-state index contributed by atoms with van der Waals surface area (Å²) < 4.78 is 0. The van der Waals surface area contributed by atoms with E-state index in [2.05, 4.69) is 60.8 Å². The number of aromatic nitrogens is 1. The van der Waals surface area contributed by atoms with Gasteiger partial charge in [0.2, 0.25) is 0 Å². The lowest BCUT2D eigenvalue weighted by atomic mass is 10.1. The van der Waals surface area contributed by atoms with E-state index in [9.17, 15) is 0 Å². The molecule has 21 heavy (non-hydrogen) atoms. The molecule has 4 rings (SSSR count). The highest BCUT2D eigenvalue weighted by Gasteiger charge is 2.19. The highest BCUT2D eigenvalue weighted by Crippen LogP contribution is 2.35. The van der Waals surface area contributed by atoms with E-state index >= 15 is 0 Å². The molecule has 1 aliphatic carbocycles. The predicted octanol–water partition coefficient (Wildman–Crippen LogP) is 4.78. The van der Waals surface area contributed by atoms with E-state index in [1.165, 1.54) is 34.3 Å². The molecule has 104 valence electrons. The first kappa shape index (κ1) is 12.4. The third-order valence-electron chi connectivity index (χ3n) is 4.21. The Morgan fingerprint density at radius 1 is 1.00 bits per heavy atom. The molecule has 2 heteroatoms. The molecule has 0 saturated heterocycles. The van der Waals surface area contributed by atoms with Gasteiger partial charge < -0.3 is 5.32 Å². The molecule has 0 aliphatic heterocycles. The summed E-state index contributed by atoms with van der Waals surface area (Å²) in [5, 5.41) is 4.87. The van der Waals surface area contributed by atoms with E-state index in [0.717, 1.165) is 24.0 Å². The standard InChI is InChI=1S/C19H18N2/c1-13-6-4-7-14(12-13)20-19-15-8-2-3-10-17(15)21-18-11-5-9-16(18)19/h2-4,6-8,10,12H,5,9,11H2,1H3,(H,20,21). The van der Waals surface area contributed by atoms with Gasteiger partial charge in [-0.25, -0.2) is 0 Å². The van der Waals surface area contributed by atoms with Gasteiger partial charge in [-0.15, -0.1) is 0 Å². The first-order chi connectivity index (χ1) is 10.3. The van der Waals surface area contributed by atoms with Crippen molar-refractivity contribution in [1.29, 1.82) is 0 Å². The number of hydrogen-bond donors (Lipinski definition) is 1. The number of rotatable bonds is 2. The second-order valence-electron chi connectivity index (χ2n) is 5.78. The summed E-state index contributed by atoms with van der Waals surface area (Å²) >= 11 is 0. The van der Waals surface area contributed by atoms with Crippen LogP contribution < -0.4 is 5.32 Å². The molecule has 2 aromatic carbocycles. The summed E-state index contributed by atoms with van der Waals surface area (Å²) in [6.45, 7) is 2.13. The van der Waals surface area contributed by atoms with Gasteiger partial charge >= 0.3 is 0 Å². The van der Waals surface area contributed by atoms with E-state index in [1.54, 1.807) is 0 Å². The number of hydrogen-bond acceptors (Lipinski definition) is 2. The van der Waals surface area contributed by atoms with Crippen LogP contribution in [-0.2, 0) is 12.8 Å². The van der Waals surface area contributed by atoms with Crippen LogP contribution in [0.15, 0.2) is 48.5 Å². The molecule has 2 nitrogen and oxygen atoms in total. The Morgan fingerprint density at radius 2 is 1.90 bits per heavy atom. The average molecular weight is 274 g/mol. The summed E-state index contributed by atoms with van der Waals surface area (Å²) in [5.41, 5.74) is 7.43. The third-order valence-corrected chi connectivity index (χ3v) is 4.21. The van der Waals surface area contributed by atoms with E-state index in [4.69, 9.17) is 4.98 Å². The molecule has 1 aliphatic rings. The molecule has 0 bridgehead atoms. The number of para-hydroxylation sites is 1. The van der Waals surface area contributed by atoms with Crippen LogP contribution >= 0.6 is 0 Å². The molecule has 0 amide bonds. The maximum Gasteiger partial charge on any atom is 0.0726 e. The van der Waals surface area contributed by atoms with Crippen LogP contribution in [0.1, 0.15) is 23.2 Å². The zero-order valence-electron chi connectivity index (χ0n) is 12.2. The average Bonchev–Trinajstić information content (AvgIpc) is 2.95. The molecular formula is C19H18N2. The summed E-state index contributed by atoms with van der Waals surface area (Å²) in [4.78, 5) is 4.84. The minimum Gasteiger partial charge on any atom is -0.355 e. The lowest BCUT2D eigenvalue weighted by Crippen LogP contribution is -2.00. The smallest absolute Gasteiger partial charge is 0.0726 e. The lowest BCUT2D eigenvalue weighted by Gasteiger charge is -2.15. The van der Waals surface area contributed by atoms with Gasteiger partial charge in [-0.05, 0) is 55.5 Å². The maximum atomic E-state index is 4.84. The molecular weight excluding hydrogens is 256 g/mol. The van der Waals surface area contributed by atoms with E-state index in [-0.39, 0.29) is 0 Å². The van der Waals surface area contributed by atoms with E-state index < -0.39 is 0 Å². The molecule has 3 aromatic rings. The van der Waals surface area contributed by atoms with Gasteiger partial charge in [0.1, 0.15) is 0 Å². The number of nitrogens with zero attached hydrogens (tertiary/aromatic N) is 1. The Morgan fingerprint density at radius 3 is 2.81 bits per heavy atom. The Balaban J connectivity index is 1.90. The summed E-state index contributed by atoms with van der Waals surface area (Å²) in [6, 6.07) is 17.0. The van der Waals surface area contributed by atoms with Crippen molar-refractivity contribution in [1.82, 2.24) is 4.98 Å². The first-order valence-electron chi connectivity index (χ1n) is 7.55.